The summed E-state index contributed by atoms with van der Waals surface area (Å²) in [6, 6.07) is 8.20. The van der Waals surface area contributed by atoms with E-state index in [0.717, 1.165) is 5.75 Å². The Hall–Kier alpha value is -0.501. The molecule has 1 atom stereocenters. The Morgan fingerprint density at radius 1 is 1.31 bits per heavy atom. The van der Waals surface area contributed by atoms with Gasteiger partial charge in [0, 0.05) is 0 Å². The van der Waals surface area contributed by atoms with E-state index >= 15 is 0 Å². The van der Waals surface area contributed by atoms with E-state index in [1.165, 1.54) is 5.69 Å². The fourth-order valence-electron chi connectivity index (χ4n) is 1.05. The van der Waals surface area contributed by atoms with Crippen molar-refractivity contribution in [2.45, 2.75) is 17.7 Å². The topological polar surface area (TPSA) is 25.8 Å². The summed E-state index contributed by atoms with van der Waals surface area (Å²) in [7, 11) is 1.69. The van der Waals surface area contributed by atoms with Crippen LogP contribution in [0.15, 0.2) is 24.3 Å². The molecule has 0 aliphatic rings. The van der Waals surface area contributed by atoms with Crippen molar-refractivity contribution in [1.82, 2.24) is 0 Å². The second-order valence-corrected chi connectivity index (χ2v) is 5.43. The molecule has 1 rings (SSSR count). The molecule has 0 aromatic heterocycles. The van der Waals surface area contributed by atoms with Crippen LogP contribution in [0.5, 0.6) is 5.75 Å². The maximum atomic E-state index is 5.09. The third-order valence-corrected chi connectivity index (χ3v) is 3.76. The Morgan fingerprint density at radius 3 is 2.38 bits per heavy atom. The van der Waals surface area contributed by atoms with Gasteiger partial charge in [0.1, 0.15) is 0 Å². The van der Waals surface area contributed by atoms with Crippen molar-refractivity contribution in [3.05, 3.63) is 24.3 Å². The first kappa shape index (κ1) is 10.6. The van der Waals surface area contributed by atoms with Crippen molar-refractivity contribution in [1.29, 1.82) is 0 Å². The third-order valence-electron chi connectivity index (χ3n) is 1.91. The van der Waals surface area contributed by atoms with E-state index in [1.54, 1.807) is 7.11 Å². The average molecular weight is 245 g/mol. The normalized spacial score (nSPS) is 12.5. The van der Waals surface area contributed by atoms with E-state index < -0.39 is 0 Å². The first-order chi connectivity index (χ1) is 6.26. The summed E-state index contributed by atoms with van der Waals surface area (Å²) >= 11 is 0.694. The Bertz CT molecular complexity index is 248. The Morgan fingerprint density at radius 2 is 1.92 bits per heavy atom. The molecule has 0 heterocycles. The predicted molar refractivity (Wildman–Crippen MR) is 55.7 cm³/mol. The molecule has 1 aromatic carbocycles. The molecule has 0 fully saturated rings. The van der Waals surface area contributed by atoms with E-state index in [9.17, 15) is 0 Å². The zero-order valence-corrected chi connectivity index (χ0v) is 9.99. The van der Waals surface area contributed by atoms with Crippen LogP contribution >= 0.6 is 0 Å². The van der Waals surface area contributed by atoms with Crippen molar-refractivity contribution in [3.8, 4) is 5.75 Å². The zero-order valence-electron chi connectivity index (χ0n) is 8.28. The van der Waals surface area contributed by atoms with Crippen molar-refractivity contribution < 1.29 is 10.1 Å². The molecule has 2 nitrogen and oxygen atoms in total. The second kappa shape index (κ2) is 5.28. The van der Waals surface area contributed by atoms with Gasteiger partial charge in [-0.3, -0.25) is 0 Å². The quantitative estimate of drug-likeness (QED) is 0.621. The van der Waals surface area contributed by atoms with Gasteiger partial charge in [0.2, 0.25) is 0 Å². The monoisotopic (exact) mass is 246 g/mol. The molecule has 0 aliphatic carbocycles. The van der Waals surface area contributed by atoms with E-state index in [4.69, 9.17) is 4.74 Å². The van der Waals surface area contributed by atoms with Crippen LogP contribution in [-0.4, -0.2) is 27.0 Å². The molecule has 1 aromatic rings. The van der Waals surface area contributed by atoms with Gasteiger partial charge < -0.3 is 0 Å². The number of rotatable bonds is 4. The van der Waals surface area contributed by atoms with Gasteiger partial charge in [-0.2, -0.15) is 0 Å². The molecule has 0 radical (unpaired) electrons. The molecule has 0 amide bonds. The van der Waals surface area contributed by atoms with E-state index in [0.29, 0.717) is 19.9 Å². The first-order valence-electron chi connectivity index (χ1n) is 4.28. The van der Waals surface area contributed by atoms with E-state index in [1.807, 2.05) is 12.1 Å². The first-order valence-corrected chi connectivity index (χ1v) is 6.98. The van der Waals surface area contributed by atoms with E-state index in [-0.39, 0.29) is 0 Å². The van der Waals surface area contributed by atoms with Crippen molar-refractivity contribution >= 4 is 20.6 Å². The van der Waals surface area contributed by atoms with Gasteiger partial charge in [-0.05, 0) is 0 Å². The summed E-state index contributed by atoms with van der Waals surface area (Å²) < 4.78 is 5.09. The summed E-state index contributed by atoms with van der Waals surface area (Å²) in [4.78, 5) is 0.709. The average Bonchev–Trinajstić information content (AvgIpc) is 2.19. The Kier molecular flexibility index (Phi) is 4.29. The molecule has 0 spiro atoms. The number of benzene rings is 1. The number of quaternary nitrogens is 1. The number of hydrogen-bond donors (Lipinski definition) is 1. The van der Waals surface area contributed by atoms with Gasteiger partial charge in [-0.1, -0.05) is 0 Å². The van der Waals surface area contributed by atoms with Gasteiger partial charge in [-0.15, -0.1) is 0 Å². The van der Waals surface area contributed by atoms with Gasteiger partial charge in [0.25, 0.3) is 0 Å². The molecule has 0 bridgehead atoms. The standard InChI is InChI=1S/C10H15NOSe/c1-8(13-3)11-9-4-6-10(12-2)7-5-9/h4-8,11H,1-3H3/p+1. The summed E-state index contributed by atoms with van der Waals surface area (Å²) in [6.07, 6.45) is 0. The summed E-state index contributed by atoms with van der Waals surface area (Å²) in [5, 5.41) is 2.31. The molecule has 72 valence electrons. The number of nitrogens with two attached hydrogens (primary N) is 1. The van der Waals surface area contributed by atoms with Gasteiger partial charge in [-0.25, -0.2) is 0 Å². The summed E-state index contributed by atoms with van der Waals surface area (Å²) in [5.41, 5.74) is 1.29. The van der Waals surface area contributed by atoms with Crippen LogP contribution in [0.25, 0.3) is 0 Å². The van der Waals surface area contributed by atoms with Crippen LogP contribution in [0.4, 0.5) is 5.69 Å². The molecular weight excluding hydrogens is 229 g/mol. The Labute approximate surface area is 85.8 Å². The van der Waals surface area contributed by atoms with Crippen LogP contribution in [0.1, 0.15) is 6.92 Å². The van der Waals surface area contributed by atoms with Crippen LogP contribution in [0.2, 0.25) is 5.82 Å². The van der Waals surface area contributed by atoms with Crippen LogP contribution < -0.4 is 10.1 Å². The molecule has 13 heavy (non-hydrogen) atoms. The van der Waals surface area contributed by atoms with Crippen LogP contribution in [0, 0.1) is 0 Å². The van der Waals surface area contributed by atoms with Crippen molar-refractivity contribution in [2.24, 2.45) is 0 Å². The summed E-state index contributed by atoms with van der Waals surface area (Å²) in [6.45, 7) is 2.25. The SMILES string of the molecule is COc1ccc([NH2+]C(C)[Se]C)cc1. The molecule has 0 aliphatic heterocycles. The number of methoxy groups -OCH3 is 1. The van der Waals surface area contributed by atoms with E-state index in [2.05, 4.69) is 30.2 Å². The maximum absolute atomic E-state index is 5.09. The predicted octanol–water partition coefficient (Wildman–Crippen LogP) is 0.988. The minimum absolute atomic E-state index is 0.694. The van der Waals surface area contributed by atoms with Gasteiger partial charge in [0.15, 0.2) is 0 Å². The van der Waals surface area contributed by atoms with Crippen LogP contribution in [-0.2, 0) is 0 Å². The van der Waals surface area contributed by atoms with Crippen molar-refractivity contribution in [3.63, 3.8) is 0 Å². The molecule has 3 heteroatoms. The fourth-order valence-corrected chi connectivity index (χ4v) is 1.67. The second-order valence-electron chi connectivity index (χ2n) is 2.88. The minimum atomic E-state index is 0.694. The van der Waals surface area contributed by atoms with Crippen molar-refractivity contribution in [2.75, 3.05) is 7.11 Å². The zero-order chi connectivity index (χ0) is 9.68. The van der Waals surface area contributed by atoms with Crippen LogP contribution in [0.3, 0.4) is 0 Å². The third kappa shape index (κ3) is 3.39. The molecular formula is C10H16NOSe+. The molecule has 0 saturated carbocycles. The number of hydrogen-bond acceptors (Lipinski definition) is 1. The van der Waals surface area contributed by atoms with Gasteiger partial charge in [0.05, 0.1) is 0 Å². The molecule has 0 saturated heterocycles. The molecule has 2 N–H and O–H groups in total. The van der Waals surface area contributed by atoms with Gasteiger partial charge >= 0.3 is 85.5 Å². The number of ether oxygens (including phenoxy) is 1. The fraction of sp³-hybridized carbons (Fsp3) is 0.400. The Balaban J connectivity index is 2.58. The molecule has 1 unspecified atom stereocenters. The summed E-state index contributed by atoms with van der Waals surface area (Å²) in [5.74, 6) is 3.18.